The maximum atomic E-state index is 12.1. The average Bonchev–Trinajstić information content (AvgIpc) is 2.71. The molecule has 0 bridgehead atoms. The van der Waals surface area contributed by atoms with Crippen molar-refractivity contribution in [1.82, 2.24) is 0 Å². The topological polar surface area (TPSA) is 77.8 Å². The van der Waals surface area contributed by atoms with E-state index >= 15 is 0 Å². The van der Waals surface area contributed by atoms with Gasteiger partial charge in [0.05, 0.1) is 16.8 Å². The third-order valence-electron chi connectivity index (χ3n) is 5.31. The number of hydrogen-bond acceptors (Lipinski definition) is 3. The summed E-state index contributed by atoms with van der Waals surface area (Å²) in [6, 6.07) is 20.3. The van der Waals surface area contributed by atoms with Crippen LogP contribution >= 0.6 is 0 Å². The van der Waals surface area contributed by atoms with E-state index in [-0.39, 0.29) is 11.1 Å². The Bertz CT molecular complexity index is 1290. The van der Waals surface area contributed by atoms with E-state index in [4.69, 9.17) is 0 Å². The zero-order chi connectivity index (χ0) is 20.7. The Hall–Kier alpha value is -3.86. The van der Waals surface area contributed by atoms with Gasteiger partial charge in [0.25, 0.3) is 0 Å². The quantitative estimate of drug-likeness (QED) is 0.456. The maximum Gasteiger partial charge on any atom is 0.337 e. The van der Waals surface area contributed by atoms with Crippen LogP contribution in [0.15, 0.2) is 66.7 Å². The highest BCUT2D eigenvalue weighted by Gasteiger charge is 2.21. The first-order valence-corrected chi connectivity index (χ1v) is 9.14. The summed E-state index contributed by atoms with van der Waals surface area (Å²) in [5, 5.41) is 22.9. The van der Waals surface area contributed by atoms with E-state index in [1.165, 1.54) is 6.07 Å². The molecule has 0 aliphatic heterocycles. The molecule has 0 aliphatic carbocycles. The fourth-order valence-electron chi connectivity index (χ4n) is 3.88. The minimum Gasteiger partial charge on any atom is -0.478 e. The fourth-order valence-corrected chi connectivity index (χ4v) is 3.88. The van der Waals surface area contributed by atoms with Crippen LogP contribution in [0, 0.1) is 6.92 Å². The average molecular weight is 385 g/mol. The smallest absolute Gasteiger partial charge is 0.337 e. The van der Waals surface area contributed by atoms with Crippen molar-refractivity contribution in [3.63, 3.8) is 0 Å². The predicted molar refractivity (Wildman–Crippen MR) is 115 cm³/mol. The van der Waals surface area contributed by atoms with Gasteiger partial charge in [-0.15, -0.1) is 0 Å². The molecule has 0 saturated heterocycles. The van der Waals surface area contributed by atoms with Crippen molar-refractivity contribution < 1.29 is 19.8 Å². The van der Waals surface area contributed by atoms with Crippen LogP contribution in [0.3, 0.4) is 0 Å². The van der Waals surface area contributed by atoms with Crippen molar-refractivity contribution >= 4 is 44.9 Å². The number of rotatable bonds is 4. The molecule has 0 aliphatic rings. The lowest BCUT2D eigenvalue weighted by Gasteiger charge is -2.25. The minimum absolute atomic E-state index is 0.157. The molecular weight excluding hydrogens is 366 g/mol. The summed E-state index contributed by atoms with van der Waals surface area (Å²) in [7, 11) is 1.75. The van der Waals surface area contributed by atoms with Crippen LogP contribution in [0.4, 0.5) is 11.4 Å². The second-order valence-corrected chi connectivity index (χ2v) is 7.00. The van der Waals surface area contributed by atoms with Gasteiger partial charge >= 0.3 is 11.9 Å². The van der Waals surface area contributed by atoms with Crippen molar-refractivity contribution in [3.05, 3.63) is 83.4 Å². The lowest BCUT2D eigenvalue weighted by molar-refractivity contribution is 0.0686. The van der Waals surface area contributed by atoms with Gasteiger partial charge in [-0.2, -0.15) is 0 Å². The van der Waals surface area contributed by atoms with Crippen LogP contribution in [-0.2, 0) is 0 Å². The van der Waals surface area contributed by atoms with E-state index in [0.717, 1.165) is 16.2 Å². The summed E-state index contributed by atoms with van der Waals surface area (Å²) in [4.78, 5) is 25.5. The molecule has 0 aromatic heterocycles. The number of carbonyl (C=O) groups is 2. The Labute approximate surface area is 167 Å². The highest BCUT2D eigenvalue weighted by atomic mass is 16.4. The van der Waals surface area contributed by atoms with Crippen LogP contribution < -0.4 is 4.90 Å². The molecule has 0 fully saturated rings. The summed E-state index contributed by atoms with van der Waals surface area (Å²) in [5.41, 5.74) is 2.12. The zero-order valence-electron chi connectivity index (χ0n) is 16.0. The van der Waals surface area contributed by atoms with E-state index in [2.05, 4.69) is 0 Å². The summed E-state index contributed by atoms with van der Waals surface area (Å²) < 4.78 is 0. The Morgan fingerprint density at radius 2 is 1.38 bits per heavy atom. The summed E-state index contributed by atoms with van der Waals surface area (Å²) in [5.74, 6) is -2.04. The first-order chi connectivity index (χ1) is 13.9. The number of hydrogen-bond donors (Lipinski definition) is 2. The molecule has 4 aromatic carbocycles. The molecule has 0 spiro atoms. The summed E-state index contributed by atoms with van der Waals surface area (Å²) >= 11 is 0. The largest absolute Gasteiger partial charge is 0.478 e. The van der Waals surface area contributed by atoms with Crippen molar-refractivity contribution in [2.75, 3.05) is 11.9 Å². The van der Waals surface area contributed by atoms with Crippen LogP contribution in [0.25, 0.3) is 21.5 Å². The summed E-state index contributed by atoms with van der Waals surface area (Å²) in [6.07, 6.45) is 0. The molecule has 0 atom stereocenters. The SMILES string of the molecule is Cc1c(N(C)c2ccccc2C(=O)O)cc2cc3ccccc3cc2c1C(=O)O. The van der Waals surface area contributed by atoms with Gasteiger partial charge in [-0.3, -0.25) is 0 Å². The van der Waals surface area contributed by atoms with Crippen LogP contribution in [0.1, 0.15) is 26.3 Å². The molecule has 4 rings (SSSR count). The van der Waals surface area contributed by atoms with Crippen molar-refractivity contribution in [2.45, 2.75) is 6.92 Å². The van der Waals surface area contributed by atoms with Crippen LogP contribution in [-0.4, -0.2) is 29.2 Å². The van der Waals surface area contributed by atoms with Gasteiger partial charge in [-0.25, -0.2) is 9.59 Å². The minimum atomic E-state index is -1.03. The monoisotopic (exact) mass is 385 g/mol. The van der Waals surface area contributed by atoms with E-state index in [0.29, 0.717) is 22.3 Å². The van der Waals surface area contributed by atoms with E-state index in [9.17, 15) is 19.8 Å². The van der Waals surface area contributed by atoms with Crippen LogP contribution in [0.5, 0.6) is 0 Å². The molecule has 0 radical (unpaired) electrons. The Kier molecular flexibility index (Phi) is 4.43. The fraction of sp³-hybridized carbons (Fsp3) is 0.0833. The first-order valence-electron chi connectivity index (χ1n) is 9.14. The third kappa shape index (κ3) is 3.06. The van der Waals surface area contributed by atoms with Crippen molar-refractivity contribution in [3.8, 4) is 0 Å². The Balaban J connectivity index is 2.02. The van der Waals surface area contributed by atoms with Gasteiger partial charge in [-0.05, 0) is 64.4 Å². The van der Waals surface area contributed by atoms with Gasteiger partial charge in [0.2, 0.25) is 0 Å². The first kappa shape index (κ1) is 18.5. The molecule has 5 heteroatoms. The standard InChI is InChI=1S/C24H19NO4/c1-14-21(25(2)20-10-6-5-9-18(20)23(26)27)13-17-11-15-7-3-4-8-16(15)12-19(17)22(14)24(28)29/h3-13H,1-2H3,(H,26,27)(H,28,29). The van der Waals surface area contributed by atoms with Gasteiger partial charge in [0.15, 0.2) is 0 Å². The Morgan fingerprint density at radius 1 is 0.759 bits per heavy atom. The normalized spacial score (nSPS) is 11.0. The van der Waals surface area contributed by atoms with Crippen molar-refractivity contribution in [2.24, 2.45) is 0 Å². The lowest BCUT2D eigenvalue weighted by atomic mass is 9.94. The molecule has 2 N–H and O–H groups in total. The highest BCUT2D eigenvalue weighted by Crippen LogP contribution is 2.37. The number of para-hydroxylation sites is 1. The molecule has 0 unspecified atom stereocenters. The van der Waals surface area contributed by atoms with Gasteiger partial charge in [-0.1, -0.05) is 36.4 Å². The lowest BCUT2D eigenvalue weighted by Crippen LogP contribution is -2.16. The molecule has 5 nitrogen and oxygen atoms in total. The van der Waals surface area contributed by atoms with Gasteiger partial charge in [0.1, 0.15) is 0 Å². The predicted octanol–water partition coefficient (Wildman–Crippen LogP) is 5.47. The molecule has 144 valence electrons. The van der Waals surface area contributed by atoms with E-state index < -0.39 is 11.9 Å². The molecular formula is C24H19NO4. The number of aromatic carboxylic acids is 2. The number of carboxylic acids is 2. The molecule has 0 heterocycles. The second-order valence-electron chi connectivity index (χ2n) is 7.00. The number of nitrogens with zero attached hydrogens (tertiary/aromatic N) is 1. The maximum absolute atomic E-state index is 12.1. The zero-order valence-corrected chi connectivity index (χ0v) is 16.0. The van der Waals surface area contributed by atoms with Crippen LogP contribution in [0.2, 0.25) is 0 Å². The number of anilines is 2. The molecule has 0 amide bonds. The molecule has 0 saturated carbocycles. The number of fused-ring (bicyclic) bond motifs is 2. The van der Waals surface area contributed by atoms with Gasteiger partial charge < -0.3 is 15.1 Å². The Morgan fingerprint density at radius 3 is 2.03 bits per heavy atom. The highest BCUT2D eigenvalue weighted by molar-refractivity contribution is 6.11. The molecule has 4 aromatic rings. The van der Waals surface area contributed by atoms with E-state index in [1.807, 2.05) is 42.5 Å². The summed E-state index contributed by atoms with van der Waals surface area (Å²) in [6.45, 7) is 1.76. The van der Waals surface area contributed by atoms with E-state index in [1.54, 1.807) is 37.1 Å². The molecule has 29 heavy (non-hydrogen) atoms. The second kappa shape index (κ2) is 6.95. The number of carboxylic acid groups (broad SMARTS) is 2. The van der Waals surface area contributed by atoms with Crippen molar-refractivity contribution in [1.29, 1.82) is 0 Å². The number of benzene rings is 4. The van der Waals surface area contributed by atoms with Gasteiger partial charge in [0, 0.05) is 12.7 Å². The third-order valence-corrected chi connectivity index (χ3v) is 5.31.